The van der Waals surface area contributed by atoms with E-state index in [2.05, 4.69) is 38.0 Å². The molecule has 0 saturated heterocycles. The van der Waals surface area contributed by atoms with Crippen molar-refractivity contribution in [3.05, 3.63) is 68.6 Å². The van der Waals surface area contributed by atoms with Crippen LogP contribution in [0.25, 0.3) is 21.0 Å². The summed E-state index contributed by atoms with van der Waals surface area (Å²) in [6.07, 6.45) is 2.31. The molecule has 2 heterocycles. The number of methoxy groups -OCH3 is 1. The third kappa shape index (κ3) is 3.27. The summed E-state index contributed by atoms with van der Waals surface area (Å²) in [6, 6.07) is 12.1. The van der Waals surface area contributed by atoms with E-state index in [1.807, 2.05) is 30.5 Å². The number of ether oxygens (including phenoxy) is 1. The Bertz CT molecular complexity index is 1130. The zero-order valence-corrected chi connectivity index (χ0v) is 17.1. The fourth-order valence-electron chi connectivity index (χ4n) is 3.20. The van der Waals surface area contributed by atoms with Gasteiger partial charge in [-0.05, 0) is 52.2 Å². The van der Waals surface area contributed by atoms with Gasteiger partial charge in [-0.15, -0.1) is 11.3 Å². The monoisotopic (exact) mass is 447 g/mol. The largest absolute Gasteiger partial charge is 0.469 e. The molecule has 0 aliphatic rings. The maximum absolute atomic E-state index is 11.8. The second-order valence-corrected chi connectivity index (χ2v) is 8.36. The first kappa shape index (κ1) is 17.6. The molecule has 0 N–H and O–H groups in total. The van der Waals surface area contributed by atoms with Gasteiger partial charge in [0.15, 0.2) is 0 Å². The Morgan fingerprint density at radius 3 is 2.85 bits per heavy atom. The molecule has 0 atom stereocenters. The van der Waals surface area contributed by atoms with E-state index in [0.717, 1.165) is 26.0 Å². The van der Waals surface area contributed by atoms with Crippen molar-refractivity contribution in [2.45, 2.75) is 13.0 Å². The van der Waals surface area contributed by atoms with Gasteiger partial charge in [-0.3, -0.25) is 4.79 Å². The second kappa shape index (κ2) is 7.06. The highest BCUT2D eigenvalue weighted by atomic mass is 79.9. The first-order valence-electron chi connectivity index (χ1n) is 8.05. The minimum atomic E-state index is -0.236. The Labute approximate surface area is 168 Å². The molecule has 2 aromatic carbocycles. The lowest BCUT2D eigenvalue weighted by molar-refractivity contribution is -0.139. The van der Waals surface area contributed by atoms with Crippen molar-refractivity contribution in [1.82, 2.24) is 4.57 Å². The van der Waals surface area contributed by atoms with Gasteiger partial charge < -0.3 is 9.30 Å². The number of fused-ring (bicyclic) bond motifs is 2. The van der Waals surface area contributed by atoms with Crippen molar-refractivity contribution >= 4 is 65.8 Å². The highest BCUT2D eigenvalue weighted by Gasteiger charge is 2.14. The lowest BCUT2D eigenvalue weighted by Gasteiger charge is -2.05. The number of carbonyl (C=O) groups excluding carboxylic acids is 1. The topological polar surface area (TPSA) is 31.2 Å². The summed E-state index contributed by atoms with van der Waals surface area (Å²) in [5.74, 6) is -0.236. The Hall–Kier alpha value is -1.82. The summed E-state index contributed by atoms with van der Waals surface area (Å²) < 4.78 is 9.25. The van der Waals surface area contributed by atoms with Gasteiger partial charge in [-0.2, -0.15) is 0 Å². The molecular weight excluding hydrogens is 434 g/mol. The molecule has 0 radical (unpaired) electrons. The van der Waals surface area contributed by atoms with Gasteiger partial charge in [-0.1, -0.05) is 33.6 Å². The predicted molar refractivity (Wildman–Crippen MR) is 111 cm³/mol. The first-order chi connectivity index (χ1) is 12.5. The summed E-state index contributed by atoms with van der Waals surface area (Å²) in [4.78, 5) is 11.8. The third-order valence-corrected chi connectivity index (χ3v) is 6.19. The second-order valence-electron chi connectivity index (χ2n) is 6.10. The van der Waals surface area contributed by atoms with Crippen LogP contribution in [-0.4, -0.2) is 17.6 Å². The Morgan fingerprint density at radius 2 is 2.04 bits per heavy atom. The highest BCUT2D eigenvalue weighted by molar-refractivity contribution is 9.10. The Kier molecular flexibility index (Phi) is 4.78. The van der Waals surface area contributed by atoms with Gasteiger partial charge in [0.25, 0.3) is 0 Å². The van der Waals surface area contributed by atoms with E-state index in [1.54, 1.807) is 11.3 Å². The summed E-state index contributed by atoms with van der Waals surface area (Å²) in [6.45, 7) is 0.717. The van der Waals surface area contributed by atoms with Crippen molar-refractivity contribution in [3.63, 3.8) is 0 Å². The minimum absolute atomic E-state index is 0.236. The molecule has 0 saturated carbocycles. The molecule has 6 heteroatoms. The predicted octanol–water partition coefficient (Wildman–Crippen LogP) is 6.04. The molecule has 0 aliphatic heterocycles. The Balaban J connectivity index is 1.81. The number of benzene rings is 2. The Morgan fingerprint density at radius 1 is 1.19 bits per heavy atom. The van der Waals surface area contributed by atoms with E-state index in [4.69, 9.17) is 16.3 Å². The van der Waals surface area contributed by atoms with Crippen LogP contribution in [-0.2, 0) is 22.5 Å². The van der Waals surface area contributed by atoms with E-state index in [9.17, 15) is 4.79 Å². The zero-order valence-electron chi connectivity index (χ0n) is 14.0. The standard InChI is InChI=1S/C20H15BrClNO2S/c1-25-20(24)6-12-9-23(18-7-14(21)2-4-16(12)18)10-13-11-26-19-5-3-15(22)8-17(13)19/h2-5,7-9,11H,6,10H2,1H3. The molecule has 0 amide bonds. The fraction of sp³-hybridized carbons (Fsp3) is 0.150. The molecule has 3 nitrogen and oxygen atoms in total. The van der Waals surface area contributed by atoms with Gasteiger partial charge in [0.2, 0.25) is 0 Å². The van der Waals surface area contributed by atoms with E-state index in [-0.39, 0.29) is 12.4 Å². The van der Waals surface area contributed by atoms with Gasteiger partial charge in [0.1, 0.15) is 0 Å². The maximum atomic E-state index is 11.8. The summed E-state index contributed by atoms with van der Waals surface area (Å²) in [5.41, 5.74) is 3.27. The lowest BCUT2D eigenvalue weighted by atomic mass is 10.1. The van der Waals surface area contributed by atoms with Gasteiger partial charge >= 0.3 is 5.97 Å². The number of hydrogen-bond donors (Lipinski definition) is 0. The highest BCUT2D eigenvalue weighted by Crippen LogP contribution is 2.31. The molecule has 0 bridgehead atoms. The first-order valence-corrected chi connectivity index (χ1v) is 10.1. The third-order valence-electron chi connectivity index (χ3n) is 4.45. The average molecular weight is 449 g/mol. The van der Waals surface area contributed by atoms with Crippen LogP contribution in [0.3, 0.4) is 0 Å². The number of hydrogen-bond acceptors (Lipinski definition) is 3. The fourth-order valence-corrected chi connectivity index (χ4v) is 4.66. The summed E-state index contributed by atoms with van der Waals surface area (Å²) >= 11 is 11.4. The van der Waals surface area contributed by atoms with Crippen molar-refractivity contribution in [2.24, 2.45) is 0 Å². The van der Waals surface area contributed by atoms with Crippen molar-refractivity contribution in [3.8, 4) is 0 Å². The smallest absolute Gasteiger partial charge is 0.310 e. The number of aromatic nitrogens is 1. The molecule has 4 rings (SSSR count). The molecule has 0 aliphatic carbocycles. The number of esters is 1. The molecule has 0 unspecified atom stereocenters. The maximum Gasteiger partial charge on any atom is 0.310 e. The van der Waals surface area contributed by atoms with E-state index in [1.165, 1.54) is 22.8 Å². The summed E-state index contributed by atoms with van der Waals surface area (Å²) in [5, 5.41) is 5.15. The minimum Gasteiger partial charge on any atom is -0.469 e. The molecule has 4 aromatic rings. The number of nitrogens with zero attached hydrogens (tertiary/aromatic N) is 1. The van der Waals surface area contributed by atoms with Crippen LogP contribution in [0.1, 0.15) is 11.1 Å². The average Bonchev–Trinajstić information content (AvgIpc) is 3.16. The van der Waals surface area contributed by atoms with Crippen molar-refractivity contribution in [2.75, 3.05) is 7.11 Å². The summed E-state index contributed by atoms with van der Waals surface area (Å²) in [7, 11) is 1.42. The van der Waals surface area contributed by atoms with Crippen LogP contribution in [0.4, 0.5) is 0 Å². The SMILES string of the molecule is COC(=O)Cc1cn(Cc2csc3ccc(Cl)cc23)c2cc(Br)ccc12. The normalized spacial score (nSPS) is 11.3. The molecule has 26 heavy (non-hydrogen) atoms. The van der Waals surface area contributed by atoms with Crippen LogP contribution in [0.2, 0.25) is 5.02 Å². The lowest BCUT2D eigenvalue weighted by Crippen LogP contribution is -2.04. The van der Waals surface area contributed by atoms with E-state index < -0.39 is 0 Å². The number of rotatable bonds is 4. The van der Waals surface area contributed by atoms with Gasteiger partial charge in [0, 0.05) is 37.8 Å². The van der Waals surface area contributed by atoms with E-state index in [0.29, 0.717) is 6.54 Å². The van der Waals surface area contributed by atoms with Crippen LogP contribution in [0.5, 0.6) is 0 Å². The number of carbonyl (C=O) groups is 1. The van der Waals surface area contributed by atoms with Crippen molar-refractivity contribution < 1.29 is 9.53 Å². The molecular formula is C20H15BrClNO2S. The quantitative estimate of drug-likeness (QED) is 0.357. The van der Waals surface area contributed by atoms with Crippen molar-refractivity contribution in [1.29, 1.82) is 0 Å². The van der Waals surface area contributed by atoms with Crippen LogP contribution in [0, 0.1) is 0 Å². The molecule has 2 aromatic heterocycles. The van der Waals surface area contributed by atoms with E-state index >= 15 is 0 Å². The molecule has 0 spiro atoms. The van der Waals surface area contributed by atoms with Gasteiger partial charge in [0.05, 0.1) is 13.5 Å². The zero-order chi connectivity index (χ0) is 18.3. The molecule has 132 valence electrons. The number of thiophene rings is 1. The molecule has 0 fully saturated rings. The van der Waals surface area contributed by atoms with Gasteiger partial charge in [-0.25, -0.2) is 0 Å². The van der Waals surface area contributed by atoms with Crippen LogP contribution in [0.15, 0.2) is 52.4 Å². The number of halogens is 2. The van der Waals surface area contributed by atoms with Crippen LogP contribution >= 0.6 is 38.9 Å². The van der Waals surface area contributed by atoms with Crippen LogP contribution < -0.4 is 0 Å².